The number of fused-ring (bicyclic) bond motifs is 2. The lowest BCUT2D eigenvalue weighted by molar-refractivity contribution is 0.00689. The maximum Gasteiger partial charge on any atom is 0.410 e. The van der Waals surface area contributed by atoms with Crippen molar-refractivity contribution in [2.45, 2.75) is 72.6 Å². The first kappa shape index (κ1) is 27.6. The van der Waals surface area contributed by atoms with Crippen molar-refractivity contribution in [1.29, 1.82) is 0 Å². The molecule has 1 amide bonds. The van der Waals surface area contributed by atoms with Gasteiger partial charge in [-0.15, -0.1) is 0 Å². The lowest BCUT2D eigenvalue weighted by Crippen LogP contribution is -2.37. The summed E-state index contributed by atoms with van der Waals surface area (Å²) in [7, 11) is 0. The molecule has 2 aliphatic heterocycles. The van der Waals surface area contributed by atoms with E-state index in [9.17, 15) is 9.59 Å². The Kier molecular flexibility index (Phi) is 7.53. The van der Waals surface area contributed by atoms with Crippen LogP contribution in [0.3, 0.4) is 0 Å². The lowest BCUT2D eigenvalue weighted by Gasteiger charge is -2.32. The monoisotopic (exact) mass is 546 g/mol. The largest absolute Gasteiger partial charge is 0.490 e. The summed E-state index contributed by atoms with van der Waals surface area (Å²) in [4.78, 5) is 33.2. The standard InChI is InChI=1S/C32H35FN2O5/c1-19-22-12-9-15-38-29(22)25(33)16-23(19)28-24-17-35(31(37)39-18-21-10-7-6-8-11-21)14-13-26(24)34-20(2)27(28)30(36)40-32(3,4)5/h6-8,10-11,16H,9,12-15,17-18H2,1-5H3. The number of rotatable bonds is 4. The Morgan fingerprint density at radius 2 is 1.85 bits per heavy atom. The summed E-state index contributed by atoms with van der Waals surface area (Å²) in [6.07, 6.45) is 1.48. The molecule has 0 fully saturated rings. The van der Waals surface area contributed by atoms with Crippen LogP contribution in [0.25, 0.3) is 11.1 Å². The second-order valence-electron chi connectivity index (χ2n) is 11.4. The normalized spacial score (nSPS) is 14.6. The summed E-state index contributed by atoms with van der Waals surface area (Å²) in [5.41, 5.74) is 5.21. The number of carbonyl (C=O) groups is 2. The molecule has 8 heteroatoms. The Bertz CT molecular complexity index is 1460. The van der Waals surface area contributed by atoms with Crippen molar-refractivity contribution in [2.75, 3.05) is 13.2 Å². The van der Waals surface area contributed by atoms with Crippen molar-refractivity contribution < 1.29 is 28.2 Å². The van der Waals surface area contributed by atoms with E-state index in [1.54, 1.807) is 32.6 Å². The molecule has 3 heterocycles. The fourth-order valence-electron chi connectivity index (χ4n) is 5.45. The minimum Gasteiger partial charge on any atom is -0.490 e. The van der Waals surface area contributed by atoms with Crippen molar-refractivity contribution in [3.05, 3.63) is 81.4 Å². The molecule has 5 rings (SSSR count). The quantitative estimate of drug-likeness (QED) is 0.349. The Balaban J connectivity index is 1.60. The predicted molar refractivity (Wildman–Crippen MR) is 149 cm³/mol. The van der Waals surface area contributed by atoms with E-state index < -0.39 is 23.5 Å². The van der Waals surface area contributed by atoms with Crippen LogP contribution in [0.4, 0.5) is 9.18 Å². The molecule has 2 aliphatic rings. The third-order valence-electron chi connectivity index (χ3n) is 7.30. The fourth-order valence-corrected chi connectivity index (χ4v) is 5.45. The fraction of sp³-hybridized carbons (Fsp3) is 0.406. The number of hydrogen-bond acceptors (Lipinski definition) is 6. The molecule has 1 aromatic heterocycles. The van der Waals surface area contributed by atoms with Gasteiger partial charge in [0, 0.05) is 35.3 Å². The molecule has 2 aromatic carbocycles. The molecule has 0 spiro atoms. The zero-order valence-electron chi connectivity index (χ0n) is 23.7. The molecule has 3 aromatic rings. The molecule has 0 unspecified atom stereocenters. The molecular formula is C32H35FN2O5. The van der Waals surface area contributed by atoms with Gasteiger partial charge in [-0.3, -0.25) is 4.98 Å². The summed E-state index contributed by atoms with van der Waals surface area (Å²) in [6.45, 7) is 10.3. The Morgan fingerprint density at radius 1 is 1.10 bits per heavy atom. The summed E-state index contributed by atoms with van der Waals surface area (Å²) >= 11 is 0. The highest BCUT2D eigenvalue weighted by molar-refractivity contribution is 6.00. The van der Waals surface area contributed by atoms with E-state index in [4.69, 9.17) is 19.2 Å². The number of hydrogen-bond donors (Lipinski definition) is 0. The van der Waals surface area contributed by atoms with Crippen LogP contribution >= 0.6 is 0 Å². The van der Waals surface area contributed by atoms with Gasteiger partial charge in [-0.25, -0.2) is 14.0 Å². The van der Waals surface area contributed by atoms with Gasteiger partial charge in [-0.1, -0.05) is 30.3 Å². The van der Waals surface area contributed by atoms with Gasteiger partial charge in [0.2, 0.25) is 0 Å². The molecule has 0 saturated heterocycles. The molecule has 0 N–H and O–H groups in total. The highest BCUT2D eigenvalue weighted by Crippen LogP contribution is 2.42. The highest BCUT2D eigenvalue weighted by Gasteiger charge is 2.33. The van der Waals surface area contributed by atoms with Crippen molar-refractivity contribution >= 4 is 12.1 Å². The summed E-state index contributed by atoms with van der Waals surface area (Å²) < 4.78 is 32.5. The van der Waals surface area contributed by atoms with Crippen molar-refractivity contribution in [3.63, 3.8) is 0 Å². The molecular weight excluding hydrogens is 511 g/mol. The maximum atomic E-state index is 15.5. The number of pyridine rings is 1. The van der Waals surface area contributed by atoms with Gasteiger partial charge in [0.05, 0.1) is 24.4 Å². The van der Waals surface area contributed by atoms with Gasteiger partial charge in [0.25, 0.3) is 0 Å². The average molecular weight is 547 g/mol. The number of ether oxygens (including phenoxy) is 3. The summed E-state index contributed by atoms with van der Waals surface area (Å²) in [5, 5.41) is 0. The maximum absolute atomic E-state index is 15.5. The Morgan fingerprint density at radius 3 is 2.58 bits per heavy atom. The van der Waals surface area contributed by atoms with E-state index in [1.165, 1.54) is 6.07 Å². The zero-order valence-corrected chi connectivity index (χ0v) is 23.7. The van der Waals surface area contributed by atoms with E-state index >= 15 is 4.39 Å². The summed E-state index contributed by atoms with van der Waals surface area (Å²) in [6, 6.07) is 10.9. The summed E-state index contributed by atoms with van der Waals surface area (Å²) in [5.74, 6) is -0.728. The lowest BCUT2D eigenvalue weighted by atomic mass is 9.85. The second-order valence-corrected chi connectivity index (χ2v) is 11.4. The van der Waals surface area contributed by atoms with Gasteiger partial charge in [0.1, 0.15) is 12.2 Å². The van der Waals surface area contributed by atoms with Crippen molar-refractivity contribution in [1.82, 2.24) is 9.88 Å². The third-order valence-corrected chi connectivity index (χ3v) is 7.30. The van der Waals surface area contributed by atoms with Crippen molar-refractivity contribution in [2.24, 2.45) is 0 Å². The Labute approximate surface area is 234 Å². The first-order valence-corrected chi connectivity index (χ1v) is 13.7. The predicted octanol–water partition coefficient (Wildman–Crippen LogP) is 6.48. The number of aryl methyl sites for hydroxylation is 1. The van der Waals surface area contributed by atoms with Crippen LogP contribution in [-0.4, -0.2) is 40.7 Å². The molecule has 210 valence electrons. The van der Waals surface area contributed by atoms with Crippen molar-refractivity contribution in [3.8, 4) is 16.9 Å². The minimum atomic E-state index is -0.742. The molecule has 0 atom stereocenters. The van der Waals surface area contributed by atoms with E-state index in [0.29, 0.717) is 48.4 Å². The molecule has 0 radical (unpaired) electrons. The van der Waals surface area contributed by atoms with Gasteiger partial charge in [-0.2, -0.15) is 0 Å². The minimum absolute atomic E-state index is 0.153. The van der Waals surface area contributed by atoms with Gasteiger partial charge < -0.3 is 19.1 Å². The molecule has 40 heavy (non-hydrogen) atoms. The number of amides is 1. The zero-order chi connectivity index (χ0) is 28.6. The van der Waals surface area contributed by atoms with Crippen LogP contribution in [0.2, 0.25) is 0 Å². The van der Waals surface area contributed by atoms with Crippen LogP contribution in [0.5, 0.6) is 5.75 Å². The van der Waals surface area contributed by atoms with Crippen LogP contribution in [0.15, 0.2) is 36.4 Å². The number of benzene rings is 2. The molecule has 7 nitrogen and oxygen atoms in total. The second kappa shape index (κ2) is 10.9. The number of aromatic nitrogens is 1. The highest BCUT2D eigenvalue weighted by atomic mass is 19.1. The van der Waals surface area contributed by atoms with E-state index in [1.807, 2.05) is 37.3 Å². The van der Waals surface area contributed by atoms with Gasteiger partial charge in [0.15, 0.2) is 11.6 Å². The topological polar surface area (TPSA) is 78.0 Å². The molecule has 0 aliphatic carbocycles. The Hall–Kier alpha value is -3.94. The number of halogens is 1. The van der Waals surface area contributed by atoms with Crippen LogP contribution < -0.4 is 4.74 Å². The van der Waals surface area contributed by atoms with Gasteiger partial charge >= 0.3 is 12.1 Å². The molecule has 0 saturated carbocycles. The first-order valence-electron chi connectivity index (χ1n) is 13.7. The third kappa shape index (κ3) is 5.53. The van der Waals surface area contributed by atoms with Crippen LogP contribution in [-0.2, 0) is 35.5 Å². The van der Waals surface area contributed by atoms with Crippen LogP contribution in [0.1, 0.15) is 71.2 Å². The van der Waals surface area contributed by atoms with Crippen LogP contribution in [0, 0.1) is 19.7 Å². The number of nitrogens with zero attached hydrogens (tertiary/aromatic N) is 2. The smallest absolute Gasteiger partial charge is 0.410 e. The van der Waals surface area contributed by atoms with E-state index in [-0.39, 0.29) is 24.5 Å². The SMILES string of the molecule is Cc1nc2c(c(-c3cc(F)c4c(c3C)CCCO4)c1C(=O)OC(C)(C)C)CN(C(=O)OCc1ccccc1)CC2. The average Bonchev–Trinajstić information content (AvgIpc) is 2.92. The molecule has 0 bridgehead atoms. The van der Waals surface area contributed by atoms with E-state index in [2.05, 4.69) is 0 Å². The number of carbonyl (C=O) groups excluding carboxylic acids is 2. The van der Waals surface area contributed by atoms with Gasteiger partial charge in [-0.05, 0) is 70.2 Å². The first-order chi connectivity index (χ1) is 19.0. The number of esters is 1. The van der Waals surface area contributed by atoms with E-state index in [0.717, 1.165) is 28.8 Å².